The Kier molecular flexibility index (Phi) is 7.79. The van der Waals surface area contributed by atoms with Crippen LogP contribution in [0.3, 0.4) is 0 Å². The molecule has 0 atom stereocenters. The number of fused-ring (bicyclic) bond motifs is 1. The maximum Gasteiger partial charge on any atom is 0.255 e. The number of rotatable bonds is 8. The molecule has 36 heavy (non-hydrogen) atoms. The number of carbonyl (C=O) groups is 1. The van der Waals surface area contributed by atoms with Gasteiger partial charge in [0.15, 0.2) is 0 Å². The first-order valence-corrected chi connectivity index (χ1v) is 12.9. The third-order valence-corrected chi connectivity index (χ3v) is 7.75. The molecule has 0 radical (unpaired) electrons. The molecule has 0 unspecified atom stereocenters. The minimum Gasteiger partial charge on any atom is -0.272 e. The molecular weight excluding hydrogens is 501 g/mol. The number of hydrogen-bond donors (Lipinski definition) is 1. The van der Waals surface area contributed by atoms with Gasteiger partial charge in [0.1, 0.15) is 5.82 Å². The standard InChI is InChI=1S/C27H23ClFN3O3S/c1-19-12-14-22(15-13-19)36(34,35)32(17-24-25(28)10-5-11-26(24)29)18-27(33)31-30-16-21-8-4-7-20-6-2-3-9-23(20)21/h2-16H,17-18H2,1H3,(H,31,33)/b30-16+. The number of nitrogens with one attached hydrogen (secondary N) is 1. The molecule has 4 aromatic carbocycles. The van der Waals surface area contributed by atoms with E-state index in [4.69, 9.17) is 11.6 Å². The summed E-state index contributed by atoms with van der Waals surface area (Å²) in [5.41, 5.74) is 4.01. The van der Waals surface area contributed by atoms with Crippen LogP contribution in [0.15, 0.2) is 94.9 Å². The molecule has 0 spiro atoms. The van der Waals surface area contributed by atoms with Crippen LogP contribution in [0.25, 0.3) is 10.8 Å². The molecule has 0 aromatic heterocycles. The van der Waals surface area contributed by atoms with Crippen molar-refractivity contribution in [2.75, 3.05) is 6.54 Å². The van der Waals surface area contributed by atoms with Crippen LogP contribution in [0.4, 0.5) is 4.39 Å². The maximum absolute atomic E-state index is 14.5. The monoisotopic (exact) mass is 523 g/mol. The second-order valence-corrected chi connectivity index (χ2v) is 10.5. The molecule has 4 rings (SSSR count). The molecule has 0 aliphatic rings. The van der Waals surface area contributed by atoms with Crippen molar-refractivity contribution in [2.24, 2.45) is 5.10 Å². The summed E-state index contributed by atoms with van der Waals surface area (Å²) < 4.78 is 42.1. The average Bonchev–Trinajstić information content (AvgIpc) is 2.86. The van der Waals surface area contributed by atoms with E-state index in [9.17, 15) is 17.6 Å². The molecule has 6 nitrogen and oxygen atoms in total. The summed E-state index contributed by atoms with van der Waals surface area (Å²) in [5, 5.41) is 6.04. The molecule has 9 heteroatoms. The van der Waals surface area contributed by atoms with E-state index in [1.54, 1.807) is 12.1 Å². The fourth-order valence-corrected chi connectivity index (χ4v) is 5.26. The van der Waals surface area contributed by atoms with Gasteiger partial charge in [0.2, 0.25) is 10.0 Å². The topological polar surface area (TPSA) is 78.8 Å². The summed E-state index contributed by atoms with van der Waals surface area (Å²) >= 11 is 6.14. The van der Waals surface area contributed by atoms with Crippen LogP contribution in [-0.2, 0) is 21.4 Å². The molecule has 1 amide bonds. The Morgan fingerprint density at radius 3 is 2.44 bits per heavy atom. The van der Waals surface area contributed by atoms with Crippen molar-refractivity contribution in [3.63, 3.8) is 0 Å². The second kappa shape index (κ2) is 11.0. The fraction of sp³-hybridized carbons (Fsp3) is 0.111. The molecule has 0 saturated heterocycles. The van der Waals surface area contributed by atoms with Crippen molar-refractivity contribution >= 4 is 44.5 Å². The number of halogens is 2. The van der Waals surface area contributed by atoms with E-state index < -0.39 is 34.8 Å². The number of hydrogen-bond acceptors (Lipinski definition) is 4. The van der Waals surface area contributed by atoms with Crippen molar-refractivity contribution in [1.82, 2.24) is 9.73 Å². The lowest BCUT2D eigenvalue weighted by Gasteiger charge is -2.22. The van der Waals surface area contributed by atoms with Gasteiger partial charge in [0.05, 0.1) is 17.7 Å². The highest BCUT2D eigenvalue weighted by atomic mass is 35.5. The first-order valence-electron chi connectivity index (χ1n) is 11.0. The van der Waals surface area contributed by atoms with Gasteiger partial charge in [0, 0.05) is 22.7 Å². The Hall–Kier alpha value is -3.59. The number of aryl methyl sites for hydroxylation is 1. The summed E-state index contributed by atoms with van der Waals surface area (Å²) in [6.45, 7) is 0.810. The van der Waals surface area contributed by atoms with Gasteiger partial charge in [-0.15, -0.1) is 0 Å². The first-order chi connectivity index (χ1) is 17.3. The van der Waals surface area contributed by atoms with Crippen LogP contribution < -0.4 is 5.43 Å². The van der Waals surface area contributed by atoms with E-state index in [0.717, 1.165) is 26.2 Å². The molecule has 0 heterocycles. The quantitative estimate of drug-likeness (QED) is 0.252. The van der Waals surface area contributed by atoms with Gasteiger partial charge in [-0.1, -0.05) is 77.8 Å². The van der Waals surface area contributed by atoms with Gasteiger partial charge < -0.3 is 0 Å². The molecular formula is C27H23ClFN3O3S. The molecule has 1 N–H and O–H groups in total. The van der Waals surface area contributed by atoms with Gasteiger partial charge in [-0.2, -0.15) is 9.41 Å². The molecule has 0 aliphatic heterocycles. The van der Waals surface area contributed by atoms with E-state index in [2.05, 4.69) is 10.5 Å². The maximum atomic E-state index is 14.5. The third kappa shape index (κ3) is 5.79. The van der Waals surface area contributed by atoms with Gasteiger partial charge in [-0.3, -0.25) is 4.79 Å². The molecule has 184 valence electrons. The van der Waals surface area contributed by atoms with E-state index in [0.29, 0.717) is 0 Å². The normalized spacial score (nSPS) is 11.9. The number of sulfonamides is 1. The smallest absolute Gasteiger partial charge is 0.255 e. The van der Waals surface area contributed by atoms with Crippen LogP contribution >= 0.6 is 11.6 Å². The van der Waals surface area contributed by atoms with Gasteiger partial charge in [-0.25, -0.2) is 18.2 Å². The summed E-state index contributed by atoms with van der Waals surface area (Å²) in [6, 6.07) is 23.7. The number of hydrazone groups is 1. The zero-order valence-electron chi connectivity index (χ0n) is 19.4. The SMILES string of the molecule is Cc1ccc(S(=O)(=O)N(CC(=O)N/N=C/c2cccc3ccccc23)Cc2c(F)cccc2Cl)cc1. The van der Waals surface area contributed by atoms with Crippen molar-refractivity contribution < 1.29 is 17.6 Å². The molecule has 0 aliphatic carbocycles. The fourth-order valence-electron chi connectivity index (χ4n) is 3.68. The summed E-state index contributed by atoms with van der Waals surface area (Å²) in [6.07, 6.45) is 1.49. The van der Waals surface area contributed by atoms with Crippen LogP contribution in [0, 0.1) is 12.7 Å². The van der Waals surface area contributed by atoms with Crippen LogP contribution in [0.1, 0.15) is 16.7 Å². The lowest BCUT2D eigenvalue weighted by atomic mass is 10.1. The molecule has 0 saturated carbocycles. The number of benzene rings is 4. The average molecular weight is 524 g/mol. The third-order valence-electron chi connectivity index (χ3n) is 5.59. The zero-order chi connectivity index (χ0) is 25.7. The Morgan fingerprint density at radius 1 is 1.00 bits per heavy atom. The van der Waals surface area contributed by atoms with Crippen molar-refractivity contribution in [2.45, 2.75) is 18.4 Å². The molecule has 4 aromatic rings. The van der Waals surface area contributed by atoms with E-state index in [1.807, 2.05) is 49.4 Å². The van der Waals surface area contributed by atoms with Crippen LogP contribution in [0.5, 0.6) is 0 Å². The lowest BCUT2D eigenvalue weighted by molar-refractivity contribution is -0.121. The molecule has 0 fully saturated rings. The van der Waals surface area contributed by atoms with E-state index in [1.165, 1.54) is 36.5 Å². The van der Waals surface area contributed by atoms with Crippen molar-refractivity contribution in [3.8, 4) is 0 Å². The van der Waals surface area contributed by atoms with Crippen LogP contribution in [0.2, 0.25) is 5.02 Å². The van der Waals surface area contributed by atoms with Gasteiger partial charge in [-0.05, 0) is 42.0 Å². The number of carbonyl (C=O) groups excluding carboxylic acids is 1. The van der Waals surface area contributed by atoms with Crippen molar-refractivity contribution in [1.29, 1.82) is 0 Å². The highest BCUT2D eigenvalue weighted by molar-refractivity contribution is 7.89. The second-order valence-electron chi connectivity index (χ2n) is 8.15. The minimum atomic E-state index is -4.16. The molecule has 0 bridgehead atoms. The van der Waals surface area contributed by atoms with Gasteiger partial charge in [0.25, 0.3) is 5.91 Å². The summed E-state index contributed by atoms with van der Waals surface area (Å²) in [5.74, 6) is -1.35. The zero-order valence-corrected chi connectivity index (χ0v) is 20.9. The van der Waals surface area contributed by atoms with E-state index >= 15 is 0 Å². The summed E-state index contributed by atoms with van der Waals surface area (Å²) in [4.78, 5) is 12.7. The predicted octanol–water partition coefficient (Wildman–Crippen LogP) is 5.28. The summed E-state index contributed by atoms with van der Waals surface area (Å²) in [7, 11) is -4.16. The Morgan fingerprint density at radius 2 is 1.69 bits per heavy atom. The largest absolute Gasteiger partial charge is 0.272 e. The number of nitrogens with zero attached hydrogens (tertiary/aromatic N) is 2. The predicted molar refractivity (Wildman–Crippen MR) is 140 cm³/mol. The van der Waals surface area contributed by atoms with Crippen LogP contribution in [-0.4, -0.2) is 31.4 Å². The highest BCUT2D eigenvalue weighted by Gasteiger charge is 2.28. The van der Waals surface area contributed by atoms with Gasteiger partial charge >= 0.3 is 0 Å². The highest BCUT2D eigenvalue weighted by Crippen LogP contribution is 2.25. The van der Waals surface area contributed by atoms with Crippen molar-refractivity contribution in [3.05, 3.63) is 112 Å². The number of amides is 1. The Balaban J connectivity index is 1.58. The Labute approximate surface area is 214 Å². The lowest BCUT2D eigenvalue weighted by Crippen LogP contribution is -2.39. The Bertz CT molecular complexity index is 1510. The first kappa shape index (κ1) is 25.5. The minimum absolute atomic E-state index is 0.0207. The van der Waals surface area contributed by atoms with E-state index in [-0.39, 0.29) is 15.5 Å².